The molecular formula is C28H36FN5O3. The van der Waals surface area contributed by atoms with E-state index in [-0.39, 0.29) is 24.2 Å². The first-order valence-corrected chi connectivity index (χ1v) is 12.5. The predicted octanol–water partition coefficient (Wildman–Crippen LogP) is 6.57. The van der Waals surface area contributed by atoms with E-state index in [1.54, 1.807) is 30.4 Å². The molecular weight excluding hydrogens is 473 g/mol. The topological polar surface area (TPSA) is 107 Å². The summed E-state index contributed by atoms with van der Waals surface area (Å²) in [4.78, 5) is 28.2. The van der Waals surface area contributed by atoms with Gasteiger partial charge in [-0.25, -0.2) is 4.39 Å². The van der Waals surface area contributed by atoms with Gasteiger partial charge in [0, 0.05) is 18.8 Å². The van der Waals surface area contributed by atoms with Gasteiger partial charge in [0.25, 0.3) is 5.91 Å². The zero-order valence-corrected chi connectivity index (χ0v) is 21.7. The minimum atomic E-state index is -0.820. The summed E-state index contributed by atoms with van der Waals surface area (Å²) in [6, 6.07) is 5.05. The Morgan fingerprint density at radius 2 is 2.11 bits per heavy atom. The second-order valence-electron chi connectivity index (χ2n) is 8.49. The fourth-order valence-electron chi connectivity index (χ4n) is 3.59. The molecule has 1 aliphatic rings. The number of aliphatic carboxylic acids is 1. The smallest absolute Gasteiger partial charge is 0.303 e. The van der Waals surface area contributed by atoms with E-state index in [0.29, 0.717) is 43.5 Å². The van der Waals surface area contributed by atoms with Crippen LogP contribution in [0, 0.1) is 0 Å². The number of carboxylic acid groups (broad SMARTS) is 1. The number of carbonyl (C=O) groups is 2. The molecule has 1 atom stereocenters. The van der Waals surface area contributed by atoms with Gasteiger partial charge in [0.2, 0.25) is 0 Å². The van der Waals surface area contributed by atoms with E-state index in [9.17, 15) is 14.0 Å². The summed E-state index contributed by atoms with van der Waals surface area (Å²) >= 11 is 0. The molecule has 0 aliphatic heterocycles. The van der Waals surface area contributed by atoms with Crippen molar-refractivity contribution in [2.75, 3.05) is 13.6 Å². The molecule has 0 saturated heterocycles. The second-order valence-corrected chi connectivity index (χ2v) is 8.49. The number of amides is 1. The quantitative estimate of drug-likeness (QED) is 0.0972. The fourth-order valence-corrected chi connectivity index (χ4v) is 3.59. The molecule has 2 N–H and O–H groups in total. The summed E-state index contributed by atoms with van der Waals surface area (Å²) in [5.41, 5.74) is 2.94. The van der Waals surface area contributed by atoms with Crippen LogP contribution in [0.5, 0.6) is 0 Å². The number of nitrogens with one attached hydrogen (secondary N) is 1. The first-order valence-electron chi connectivity index (χ1n) is 12.5. The molecule has 0 radical (unpaired) electrons. The third kappa shape index (κ3) is 10.7. The Bertz CT molecular complexity index is 1110. The number of carboxylic acids is 1. The van der Waals surface area contributed by atoms with Gasteiger partial charge in [-0.1, -0.05) is 35.9 Å². The zero-order chi connectivity index (χ0) is 27.0. The number of hydrogen-bond donors (Lipinski definition) is 2. The van der Waals surface area contributed by atoms with E-state index in [4.69, 9.17) is 5.11 Å². The molecule has 1 aliphatic carbocycles. The number of unbranched alkanes of at least 4 members (excludes halogenated alkanes) is 2. The van der Waals surface area contributed by atoms with Gasteiger partial charge < -0.3 is 10.4 Å². The number of carbonyl (C=O) groups excluding carboxylic acids is 1. The van der Waals surface area contributed by atoms with Crippen molar-refractivity contribution in [3.8, 4) is 0 Å². The summed E-state index contributed by atoms with van der Waals surface area (Å²) in [5, 5.41) is 21.5. The molecule has 0 fully saturated rings. The lowest BCUT2D eigenvalue weighted by atomic mass is 10.1. The molecule has 9 heteroatoms. The van der Waals surface area contributed by atoms with Crippen LogP contribution in [0.25, 0.3) is 6.08 Å². The van der Waals surface area contributed by atoms with Gasteiger partial charge in [-0.05, 0) is 75.0 Å². The first-order chi connectivity index (χ1) is 17.9. The van der Waals surface area contributed by atoms with Gasteiger partial charge >= 0.3 is 5.97 Å². The number of rotatable bonds is 14. The van der Waals surface area contributed by atoms with Gasteiger partial charge in [0.15, 0.2) is 0 Å². The van der Waals surface area contributed by atoms with Crippen LogP contribution < -0.4 is 5.32 Å². The van der Waals surface area contributed by atoms with Crippen molar-refractivity contribution in [3.63, 3.8) is 0 Å². The Balaban J connectivity index is 2.23. The molecule has 0 spiro atoms. The van der Waals surface area contributed by atoms with Crippen molar-refractivity contribution in [3.05, 3.63) is 71.2 Å². The van der Waals surface area contributed by atoms with Crippen molar-refractivity contribution < 1.29 is 19.1 Å². The fraction of sp³-hybridized carbons (Fsp3) is 0.393. The third-order valence-corrected chi connectivity index (χ3v) is 5.71. The van der Waals surface area contributed by atoms with Crippen LogP contribution in [-0.4, -0.2) is 47.8 Å². The van der Waals surface area contributed by atoms with Crippen LogP contribution in [0.1, 0.15) is 68.3 Å². The average Bonchev–Trinajstić information content (AvgIpc) is 2.88. The van der Waals surface area contributed by atoms with Crippen LogP contribution in [0.15, 0.2) is 75.4 Å². The normalized spacial score (nSPS) is 16.1. The molecule has 1 amide bonds. The van der Waals surface area contributed by atoms with Crippen LogP contribution in [-0.2, 0) is 4.79 Å². The number of allylic oxidation sites excluding steroid dienone is 3. The lowest BCUT2D eigenvalue weighted by Gasteiger charge is -2.17. The average molecular weight is 510 g/mol. The Morgan fingerprint density at radius 1 is 1.30 bits per heavy atom. The molecule has 1 unspecified atom stereocenters. The highest BCUT2D eigenvalue weighted by Gasteiger charge is 2.16. The number of hydrogen-bond acceptors (Lipinski definition) is 5. The van der Waals surface area contributed by atoms with E-state index in [1.165, 1.54) is 17.7 Å². The molecule has 0 heterocycles. The highest BCUT2D eigenvalue weighted by molar-refractivity contribution is 6.00. The highest BCUT2D eigenvalue weighted by atomic mass is 19.1. The Hall–Kier alpha value is -3.88. The monoisotopic (exact) mass is 509 g/mol. The van der Waals surface area contributed by atoms with Crippen molar-refractivity contribution in [1.82, 2.24) is 10.3 Å². The second kappa shape index (κ2) is 16.0. The largest absolute Gasteiger partial charge is 0.481 e. The van der Waals surface area contributed by atoms with Crippen LogP contribution >= 0.6 is 0 Å². The van der Waals surface area contributed by atoms with Crippen molar-refractivity contribution >= 4 is 29.9 Å². The summed E-state index contributed by atoms with van der Waals surface area (Å²) in [6.45, 7) is 4.70. The number of halogens is 1. The molecule has 8 nitrogen and oxygen atoms in total. The first kappa shape index (κ1) is 29.4. The molecule has 198 valence electrons. The Labute approximate surface area is 218 Å². The van der Waals surface area contributed by atoms with Gasteiger partial charge in [-0.3, -0.25) is 19.6 Å². The maximum absolute atomic E-state index is 13.3. The third-order valence-electron chi connectivity index (χ3n) is 5.71. The molecule has 37 heavy (non-hydrogen) atoms. The molecule has 0 aromatic heterocycles. The van der Waals surface area contributed by atoms with Crippen LogP contribution in [0.4, 0.5) is 10.1 Å². The molecule has 0 bridgehead atoms. The van der Waals surface area contributed by atoms with E-state index in [2.05, 4.69) is 33.6 Å². The Kier molecular flexibility index (Phi) is 12.7. The van der Waals surface area contributed by atoms with Gasteiger partial charge in [0.05, 0.1) is 30.9 Å². The summed E-state index contributed by atoms with van der Waals surface area (Å²) < 4.78 is 13.3. The van der Waals surface area contributed by atoms with E-state index < -0.39 is 5.97 Å². The SMILES string of the molecule is C/C=C(\CC)CN(/C=C/c1ccc(C(=O)NC2C=CC(F)=CC2)c(N=CCCCCC(=O)O)c1)N=NC. The van der Waals surface area contributed by atoms with E-state index >= 15 is 0 Å². The Morgan fingerprint density at radius 3 is 2.76 bits per heavy atom. The maximum atomic E-state index is 13.3. The standard InChI is InChI=1S/C28H36FN5O3/c1-4-21(5-2)20-34(33-30-3)18-16-22-10-15-25(28(37)32-24-13-11-23(29)12-14-24)26(19-22)31-17-8-6-7-9-27(35)36/h4,10-13,15-19,24H,5-9,14,20H2,1-3H3,(H,32,37)(H,35,36)/b18-16+,21-4+,31-17?,33-30?. The van der Waals surface area contributed by atoms with Gasteiger partial charge in [0.1, 0.15) is 5.83 Å². The van der Waals surface area contributed by atoms with Crippen molar-refractivity contribution in [1.29, 1.82) is 0 Å². The van der Waals surface area contributed by atoms with Gasteiger partial charge in [-0.15, -0.1) is 0 Å². The maximum Gasteiger partial charge on any atom is 0.303 e. The van der Waals surface area contributed by atoms with Crippen LogP contribution in [0.2, 0.25) is 0 Å². The highest BCUT2D eigenvalue weighted by Crippen LogP contribution is 2.23. The number of benzene rings is 1. The summed E-state index contributed by atoms with van der Waals surface area (Å²) in [6.07, 6.45) is 15.1. The number of aliphatic imine (C=N–C) groups is 1. The molecule has 1 aromatic rings. The molecule has 0 saturated carbocycles. The lowest BCUT2D eigenvalue weighted by Crippen LogP contribution is -2.33. The summed E-state index contributed by atoms with van der Waals surface area (Å²) in [5.74, 6) is -1.44. The van der Waals surface area contributed by atoms with Crippen molar-refractivity contribution in [2.24, 2.45) is 15.3 Å². The summed E-state index contributed by atoms with van der Waals surface area (Å²) in [7, 11) is 1.62. The zero-order valence-electron chi connectivity index (χ0n) is 21.7. The number of nitrogens with zero attached hydrogens (tertiary/aromatic N) is 4. The minimum absolute atomic E-state index is 0.115. The van der Waals surface area contributed by atoms with Crippen molar-refractivity contribution in [2.45, 2.75) is 58.4 Å². The van der Waals surface area contributed by atoms with E-state index in [1.807, 2.05) is 31.3 Å². The van der Waals surface area contributed by atoms with E-state index in [0.717, 1.165) is 12.0 Å². The molecule has 2 rings (SSSR count). The molecule has 1 aromatic carbocycles. The lowest BCUT2D eigenvalue weighted by molar-refractivity contribution is -0.137. The predicted molar refractivity (Wildman–Crippen MR) is 145 cm³/mol. The minimum Gasteiger partial charge on any atom is -0.481 e. The van der Waals surface area contributed by atoms with Gasteiger partial charge in [-0.2, -0.15) is 5.11 Å². The van der Waals surface area contributed by atoms with Crippen LogP contribution in [0.3, 0.4) is 0 Å².